The Hall–Kier alpha value is -2.27. The van der Waals surface area contributed by atoms with Crippen LogP contribution < -0.4 is 0 Å². The van der Waals surface area contributed by atoms with E-state index in [0.29, 0.717) is 49.4 Å². The van der Waals surface area contributed by atoms with Crippen LogP contribution in [0.4, 0.5) is 8.78 Å². The molecule has 1 amide bonds. The van der Waals surface area contributed by atoms with Crippen molar-refractivity contribution < 1.29 is 13.6 Å². The van der Waals surface area contributed by atoms with E-state index in [4.69, 9.17) is 0 Å². The molecule has 1 fully saturated rings. The Morgan fingerprint density at radius 2 is 1.71 bits per heavy atom. The summed E-state index contributed by atoms with van der Waals surface area (Å²) >= 11 is 0. The molecule has 0 bridgehead atoms. The van der Waals surface area contributed by atoms with Crippen LogP contribution in [0.15, 0.2) is 42.5 Å². The summed E-state index contributed by atoms with van der Waals surface area (Å²) in [4.78, 5) is 16.3. The van der Waals surface area contributed by atoms with Gasteiger partial charge in [-0.3, -0.25) is 9.69 Å². The zero-order valence-electron chi connectivity index (χ0n) is 13.6. The van der Waals surface area contributed by atoms with Crippen LogP contribution in [-0.4, -0.2) is 41.9 Å². The molecule has 0 N–H and O–H groups in total. The molecule has 0 unspecified atom stereocenters. The first-order chi connectivity index (χ1) is 11.5. The number of halogens is 2. The van der Waals surface area contributed by atoms with E-state index in [0.717, 1.165) is 0 Å². The third kappa shape index (κ3) is 3.62. The minimum atomic E-state index is -0.362. The fraction of sp³-hybridized carbons (Fsp3) is 0.316. The van der Waals surface area contributed by atoms with Gasteiger partial charge in [-0.25, -0.2) is 8.78 Å². The normalized spacial score (nSPS) is 15.5. The monoisotopic (exact) mass is 330 g/mol. The van der Waals surface area contributed by atoms with Gasteiger partial charge in [0.1, 0.15) is 11.6 Å². The second kappa shape index (κ2) is 7.09. The zero-order valence-corrected chi connectivity index (χ0v) is 13.6. The maximum atomic E-state index is 13.7. The topological polar surface area (TPSA) is 23.6 Å². The first-order valence-electron chi connectivity index (χ1n) is 8.06. The lowest BCUT2D eigenvalue weighted by atomic mass is 10.1. The number of carbonyl (C=O) groups excluding carboxylic acids is 1. The average Bonchev–Trinajstić information content (AvgIpc) is 2.59. The van der Waals surface area contributed by atoms with Crippen LogP contribution in [0.3, 0.4) is 0 Å². The van der Waals surface area contributed by atoms with E-state index in [1.807, 2.05) is 6.07 Å². The number of hydrogen-bond acceptors (Lipinski definition) is 2. The number of aryl methyl sites for hydroxylation is 1. The number of rotatable bonds is 3. The largest absolute Gasteiger partial charge is 0.336 e. The molecule has 1 heterocycles. The van der Waals surface area contributed by atoms with Crippen LogP contribution in [0.5, 0.6) is 0 Å². The maximum Gasteiger partial charge on any atom is 0.254 e. The molecule has 1 aliphatic rings. The highest BCUT2D eigenvalue weighted by molar-refractivity contribution is 5.94. The molecule has 0 atom stereocenters. The third-order valence-corrected chi connectivity index (χ3v) is 4.43. The van der Waals surface area contributed by atoms with Gasteiger partial charge in [-0.15, -0.1) is 0 Å². The highest BCUT2D eigenvalue weighted by Crippen LogP contribution is 2.15. The molecule has 126 valence electrons. The molecule has 0 aliphatic carbocycles. The highest BCUT2D eigenvalue weighted by Gasteiger charge is 2.23. The SMILES string of the molecule is Cc1ccc(C(=O)N2CCN(Cc3ccccc3F)CC2)cc1F. The summed E-state index contributed by atoms with van der Waals surface area (Å²) in [5.41, 5.74) is 1.57. The van der Waals surface area contributed by atoms with E-state index in [2.05, 4.69) is 4.90 Å². The predicted molar refractivity (Wildman–Crippen MR) is 88.7 cm³/mol. The maximum absolute atomic E-state index is 13.7. The van der Waals surface area contributed by atoms with Crippen molar-refractivity contribution in [2.45, 2.75) is 13.5 Å². The molecule has 0 radical (unpaired) electrons. The smallest absolute Gasteiger partial charge is 0.254 e. The Kier molecular flexibility index (Phi) is 4.90. The Balaban J connectivity index is 1.59. The van der Waals surface area contributed by atoms with E-state index in [-0.39, 0.29) is 17.5 Å². The minimum Gasteiger partial charge on any atom is -0.336 e. The zero-order chi connectivity index (χ0) is 17.1. The lowest BCUT2D eigenvalue weighted by Gasteiger charge is -2.34. The van der Waals surface area contributed by atoms with Gasteiger partial charge in [0, 0.05) is 43.9 Å². The Labute approximate surface area is 140 Å². The predicted octanol–water partition coefficient (Wildman–Crippen LogP) is 3.23. The van der Waals surface area contributed by atoms with Gasteiger partial charge >= 0.3 is 0 Å². The fourth-order valence-electron chi connectivity index (χ4n) is 2.89. The quantitative estimate of drug-likeness (QED) is 0.863. The molecule has 5 heteroatoms. The molecular formula is C19H20F2N2O. The standard InChI is InChI=1S/C19H20F2N2O/c1-14-6-7-15(12-18(14)21)19(24)23-10-8-22(9-11-23)13-16-4-2-3-5-17(16)20/h2-7,12H,8-11,13H2,1H3. The van der Waals surface area contributed by atoms with E-state index < -0.39 is 0 Å². The molecule has 1 aliphatic heterocycles. The van der Waals surface area contributed by atoms with Gasteiger partial charge in [0.15, 0.2) is 0 Å². The van der Waals surface area contributed by atoms with E-state index in [9.17, 15) is 13.6 Å². The van der Waals surface area contributed by atoms with Gasteiger partial charge in [0.2, 0.25) is 0 Å². The van der Waals surface area contributed by atoms with Crippen molar-refractivity contribution in [2.24, 2.45) is 0 Å². The average molecular weight is 330 g/mol. The summed E-state index contributed by atoms with van der Waals surface area (Å²) in [5.74, 6) is -0.718. The van der Waals surface area contributed by atoms with Crippen molar-refractivity contribution in [3.63, 3.8) is 0 Å². The van der Waals surface area contributed by atoms with E-state index >= 15 is 0 Å². The van der Waals surface area contributed by atoms with Crippen LogP contribution in [0, 0.1) is 18.6 Å². The van der Waals surface area contributed by atoms with Gasteiger partial charge < -0.3 is 4.90 Å². The lowest BCUT2D eigenvalue weighted by Crippen LogP contribution is -2.48. The number of hydrogen-bond donors (Lipinski definition) is 0. The number of amides is 1. The molecule has 1 saturated heterocycles. The van der Waals surface area contributed by atoms with Crippen LogP contribution in [-0.2, 0) is 6.54 Å². The van der Waals surface area contributed by atoms with Gasteiger partial charge in [0.05, 0.1) is 0 Å². The van der Waals surface area contributed by atoms with Crippen molar-refractivity contribution in [2.75, 3.05) is 26.2 Å². The Morgan fingerprint density at radius 3 is 2.38 bits per heavy atom. The second-order valence-corrected chi connectivity index (χ2v) is 6.12. The summed E-state index contributed by atoms with van der Waals surface area (Å²) in [7, 11) is 0. The van der Waals surface area contributed by atoms with Crippen molar-refractivity contribution in [3.8, 4) is 0 Å². The molecule has 2 aromatic carbocycles. The highest BCUT2D eigenvalue weighted by atomic mass is 19.1. The summed E-state index contributed by atoms with van der Waals surface area (Å²) in [5, 5.41) is 0. The van der Waals surface area contributed by atoms with Crippen molar-refractivity contribution in [1.82, 2.24) is 9.80 Å². The molecule has 0 spiro atoms. The molecule has 3 rings (SSSR count). The first-order valence-corrected chi connectivity index (χ1v) is 8.06. The number of carbonyl (C=O) groups is 1. The van der Waals surface area contributed by atoms with Crippen LogP contribution in [0.25, 0.3) is 0 Å². The summed E-state index contributed by atoms with van der Waals surface area (Å²) in [6, 6.07) is 11.3. The summed E-state index contributed by atoms with van der Waals surface area (Å²) in [6.45, 7) is 4.67. The number of nitrogens with zero attached hydrogens (tertiary/aromatic N) is 2. The van der Waals surface area contributed by atoms with Crippen LogP contribution in [0.1, 0.15) is 21.5 Å². The molecule has 0 saturated carbocycles. The molecular weight excluding hydrogens is 310 g/mol. The Bertz CT molecular complexity index is 740. The van der Waals surface area contributed by atoms with Crippen molar-refractivity contribution in [1.29, 1.82) is 0 Å². The number of benzene rings is 2. The molecule has 2 aromatic rings. The van der Waals surface area contributed by atoms with Crippen LogP contribution in [0.2, 0.25) is 0 Å². The van der Waals surface area contributed by atoms with Gasteiger partial charge in [-0.05, 0) is 30.7 Å². The summed E-state index contributed by atoms with van der Waals surface area (Å²) < 4.78 is 27.3. The van der Waals surface area contributed by atoms with Crippen LogP contribution >= 0.6 is 0 Å². The Morgan fingerprint density at radius 1 is 1.00 bits per heavy atom. The van der Waals surface area contributed by atoms with E-state index in [1.54, 1.807) is 36.1 Å². The van der Waals surface area contributed by atoms with Crippen molar-refractivity contribution >= 4 is 5.91 Å². The molecule has 3 nitrogen and oxygen atoms in total. The fourth-order valence-corrected chi connectivity index (χ4v) is 2.89. The second-order valence-electron chi connectivity index (χ2n) is 6.12. The lowest BCUT2D eigenvalue weighted by molar-refractivity contribution is 0.0626. The number of piperazine rings is 1. The van der Waals surface area contributed by atoms with Gasteiger partial charge in [-0.1, -0.05) is 24.3 Å². The molecule has 24 heavy (non-hydrogen) atoms. The van der Waals surface area contributed by atoms with Crippen molar-refractivity contribution in [3.05, 3.63) is 70.8 Å². The van der Waals surface area contributed by atoms with Gasteiger partial charge in [0.25, 0.3) is 5.91 Å². The third-order valence-electron chi connectivity index (χ3n) is 4.43. The summed E-state index contributed by atoms with van der Waals surface area (Å²) in [6.07, 6.45) is 0. The minimum absolute atomic E-state index is 0.153. The van der Waals surface area contributed by atoms with Gasteiger partial charge in [-0.2, -0.15) is 0 Å². The van der Waals surface area contributed by atoms with E-state index in [1.165, 1.54) is 12.1 Å². The first kappa shape index (κ1) is 16.6. The molecule has 0 aromatic heterocycles.